The van der Waals surface area contributed by atoms with Gasteiger partial charge in [0.2, 0.25) is 10.0 Å². The predicted molar refractivity (Wildman–Crippen MR) is 147 cm³/mol. The van der Waals surface area contributed by atoms with Gasteiger partial charge >= 0.3 is 6.09 Å². The van der Waals surface area contributed by atoms with Crippen molar-refractivity contribution in [1.29, 1.82) is 0 Å². The minimum atomic E-state index is -3.75. The minimum absolute atomic E-state index is 0.0788. The lowest BCUT2D eigenvalue weighted by atomic mass is 10.0. The molecule has 9 nitrogen and oxygen atoms in total. The van der Waals surface area contributed by atoms with Crippen LogP contribution >= 0.6 is 45.9 Å². The monoisotopic (exact) mass is 606 g/mol. The van der Waals surface area contributed by atoms with Crippen LogP contribution in [0, 0.1) is 0 Å². The number of carbonyl (C=O) groups is 1. The van der Waals surface area contributed by atoms with Crippen LogP contribution in [-0.2, 0) is 16.6 Å². The molecule has 202 valence electrons. The summed E-state index contributed by atoms with van der Waals surface area (Å²) < 4.78 is 40.2. The van der Waals surface area contributed by atoms with Gasteiger partial charge in [-0.15, -0.1) is 11.3 Å². The number of carbonyl (C=O) groups excluding carboxylic acids is 1. The number of likely N-dealkylation sites (tertiary alicyclic amines) is 1. The van der Waals surface area contributed by atoms with Gasteiger partial charge in [-0.2, -0.15) is 4.31 Å². The van der Waals surface area contributed by atoms with Crippen molar-refractivity contribution in [2.24, 2.45) is 0 Å². The molecule has 0 spiro atoms. The number of ether oxygens (including phenoxy) is 1. The molecule has 0 bridgehead atoms. The van der Waals surface area contributed by atoms with E-state index in [0.29, 0.717) is 44.1 Å². The number of thiophene rings is 2. The van der Waals surface area contributed by atoms with Crippen LogP contribution in [0.1, 0.15) is 32.4 Å². The van der Waals surface area contributed by atoms with Gasteiger partial charge in [0, 0.05) is 24.7 Å². The predicted octanol–water partition coefficient (Wildman–Crippen LogP) is 5.56. The van der Waals surface area contributed by atoms with Gasteiger partial charge < -0.3 is 19.5 Å². The lowest BCUT2D eigenvalue weighted by Crippen LogP contribution is -2.49. The van der Waals surface area contributed by atoms with E-state index in [2.05, 4.69) is 29.2 Å². The molecule has 4 heterocycles. The number of sulfonamides is 1. The van der Waals surface area contributed by atoms with Crippen LogP contribution in [0.5, 0.6) is 5.06 Å². The zero-order valence-corrected chi connectivity index (χ0v) is 24.3. The molecule has 1 aliphatic rings. The quantitative estimate of drug-likeness (QED) is 0.322. The smallest absolute Gasteiger partial charge is 0.399 e. The average molecular weight is 608 g/mol. The number of hydrogen-bond donors (Lipinski definition) is 1. The molecular formula is C23H28Cl2N4O5S3. The van der Waals surface area contributed by atoms with E-state index in [4.69, 9.17) is 32.5 Å². The molecule has 0 saturated carbocycles. The Kier molecular flexibility index (Phi) is 9.54. The van der Waals surface area contributed by atoms with Crippen molar-refractivity contribution < 1.29 is 22.5 Å². The van der Waals surface area contributed by atoms with E-state index in [1.807, 2.05) is 6.07 Å². The maximum Gasteiger partial charge on any atom is 0.413 e. The zero-order chi connectivity index (χ0) is 26.6. The summed E-state index contributed by atoms with van der Waals surface area (Å²) in [5.41, 5.74) is 0.510. The van der Waals surface area contributed by atoms with E-state index in [9.17, 15) is 13.2 Å². The summed E-state index contributed by atoms with van der Waals surface area (Å²) >= 11 is 14.4. The standard InChI is InChI=1S/C23H28Cl2N4O5S3/c1-15(2)28-10-7-17(8-11-28)29(14-16-13-18(34-27-16)19-3-4-20(24)35-19)37(31,32)12-9-26-23(30)33-22-6-5-21(25)36-22/h3-6,13,15,17H,7-12,14H2,1-2H3,(H,26,30). The van der Waals surface area contributed by atoms with E-state index < -0.39 is 16.1 Å². The zero-order valence-electron chi connectivity index (χ0n) is 20.4. The third-order valence-electron chi connectivity index (χ3n) is 6.06. The van der Waals surface area contributed by atoms with Crippen LogP contribution in [0.25, 0.3) is 10.6 Å². The summed E-state index contributed by atoms with van der Waals surface area (Å²) in [4.78, 5) is 15.3. The summed E-state index contributed by atoms with van der Waals surface area (Å²) in [7, 11) is -3.75. The van der Waals surface area contributed by atoms with Crippen molar-refractivity contribution in [3.05, 3.63) is 44.7 Å². The highest BCUT2D eigenvalue weighted by Gasteiger charge is 2.34. The first-order valence-electron chi connectivity index (χ1n) is 11.8. The van der Waals surface area contributed by atoms with Gasteiger partial charge in [0.05, 0.1) is 31.5 Å². The number of nitrogens with one attached hydrogen (secondary N) is 1. The molecule has 0 atom stereocenters. The van der Waals surface area contributed by atoms with Crippen molar-refractivity contribution in [3.63, 3.8) is 0 Å². The molecule has 3 aromatic rings. The second-order valence-corrected chi connectivity index (χ2v) is 14.3. The highest BCUT2D eigenvalue weighted by Crippen LogP contribution is 2.32. The van der Waals surface area contributed by atoms with E-state index in [-0.39, 0.29) is 24.9 Å². The van der Waals surface area contributed by atoms with Gasteiger partial charge in [0.15, 0.2) is 10.8 Å². The second-order valence-electron chi connectivity index (χ2n) is 8.88. The molecule has 1 N–H and O–H groups in total. The number of halogens is 2. The fourth-order valence-electron chi connectivity index (χ4n) is 4.13. The fraction of sp³-hybridized carbons (Fsp3) is 0.478. The Morgan fingerprint density at radius 1 is 1.22 bits per heavy atom. The third kappa shape index (κ3) is 7.69. The third-order valence-corrected chi connectivity index (χ3v) is 10.3. The molecule has 37 heavy (non-hydrogen) atoms. The van der Waals surface area contributed by atoms with Crippen LogP contribution in [0.3, 0.4) is 0 Å². The van der Waals surface area contributed by atoms with E-state index in [0.717, 1.165) is 29.3 Å². The molecule has 0 unspecified atom stereocenters. The Morgan fingerprint density at radius 3 is 2.54 bits per heavy atom. The molecule has 3 aromatic heterocycles. The van der Waals surface area contributed by atoms with Crippen molar-refractivity contribution in [3.8, 4) is 15.7 Å². The molecule has 0 radical (unpaired) electrons. The fourth-order valence-corrected chi connectivity index (χ4v) is 7.59. The van der Waals surface area contributed by atoms with Crippen LogP contribution in [-0.4, -0.2) is 66.3 Å². The topological polar surface area (TPSA) is 105 Å². The first-order chi connectivity index (χ1) is 17.6. The first kappa shape index (κ1) is 28.3. The minimum Gasteiger partial charge on any atom is -0.399 e. The normalized spacial score (nSPS) is 15.5. The largest absolute Gasteiger partial charge is 0.413 e. The molecule has 1 saturated heterocycles. The van der Waals surface area contributed by atoms with Crippen molar-refractivity contribution in [1.82, 2.24) is 19.7 Å². The Balaban J connectivity index is 1.43. The van der Waals surface area contributed by atoms with E-state index >= 15 is 0 Å². The second kappa shape index (κ2) is 12.5. The summed E-state index contributed by atoms with van der Waals surface area (Å²) in [5, 5.41) is 6.97. The summed E-state index contributed by atoms with van der Waals surface area (Å²) in [6, 6.07) is 8.76. The highest BCUT2D eigenvalue weighted by atomic mass is 35.5. The number of hydrogen-bond acceptors (Lipinski definition) is 9. The van der Waals surface area contributed by atoms with Gasteiger partial charge in [-0.3, -0.25) is 0 Å². The van der Waals surface area contributed by atoms with Gasteiger partial charge in [-0.05, 0) is 64.0 Å². The summed E-state index contributed by atoms with van der Waals surface area (Å²) in [6.45, 7) is 5.86. The maximum atomic E-state index is 13.5. The van der Waals surface area contributed by atoms with Gasteiger partial charge in [-0.25, -0.2) is 13.2 Å². The number of aromatic nitrogens is 1. The highest BCUT2D eigenvalue weighted by molar-refractivity contribution is 7.89. The lowest BCUT2D eigenvalue weighted by molar-refractivity contribution is 0.129. The molecule has 1 aliphatic heterocycles. The van der Waals surface area contributed by atoms with Gasteiger partial charge in [-0.1, -0.05) is 39.7 Å². The average Bonchev–Trinajstić information content (AvgIpc) is 3.59. The van der Waals surface area contributed by atoms with Crippen molar-refractivity contribution in [2.75, 3.05) is 25.4 Å². The van der Waals surface area contributed by atoms with Gasteiger partial charge in [0.1, 0.15) is 0 Å². The van der Waals surface area contributed by atoms with Crippen LogP contribution in [0.4, 0.5) is 4.79 Å². The molecule has 1 fully saturated rings. The van der Waals surface area contributed by atoms with Gasteiger partial charge in [0.25, 0.3) is 0 Å². The molecule has 14 heteroatoms. The number of nitrogens with zero attached hydrogens (tertiary/aromatic N) is 3. The summed E-state index contributed by atoms with van der Waals surface area (Å²) in [6.07, 6.45) is 0.676. The SMILES string of the molecule is CC(C)N1CCC(N(Cc2cc(-c3ccc(Cl)s3)on2)S(=O)(=O)CCNC(=O)Oc2ccc(Cl)s2)CC1. The van der Waals surface area contributed by atoms with Crippen molar-refractivity contribution >= 4 is 62.0 Å². The van der Waals surface area contributed by atoms with E-state index in [1.54, 1.807) is 24.3 Å². The summed E-state index contributed by atoms with van der Waals surface area (Å²) in [5.74, 6) is 0.264. The Bertz CT molecular complexity index is 1300. The number of piperidine rings is 1. The molecule has 4 rings (SSSR count). The molecule has 1 amide bonds. The van der Waals surface area contributed by atoms with Crippen LogP contribution < -0.4 is 10.1 Å². The van der Waals surface area contributed by atoms with Crippen LogP contribution in [0.2, 0.25) is 8.67 Å². The first-order valence-corrected chi connectivity index (χ1v) is 15.8. The molecule has 0 aliphatic carbocycles. The lowest BCUT2D eigenvalue weighted by Gasteiger charge is -2.39. The molecule has 0 aromatic carbocycles. The Labute approximate surface area is 234 Å². The molecular weight excluding hydrogens is 579 g/mol. The Morgan fingerprint density at radius 2 is 1.92 bits per heavy atom. The number of rotatable bonds is 10. The Hall–Kier alpha value is -1.67. The van der Waals surface area contributed by atoms with Crippen molar-refractivity contribution in [2.45, 2.75) is 45.3 Å². The maximum absolute atomic E-state index is 13.5. The van der Waals surface area contributed by atoms with E-state index in [1.165, 1.54) is 15.6 Å². The van der Waals surface area contributed by atoms with Crippen LogP contribution in [0.15, 0.2) is 34.9 Å². The number of amides is 1.